The normalized spacial score (nSPS) is 16.5. The van der Waals surface area contributed by atoms with Gasteiger partial charge in [0.1, 0.15) is 5.75 Å². The molecule has 2 rings (SSSR count). The van der Waals surface area contributed by atoms with E-state index in [-0.39, 0.29) is 5.41 Å². The van der Waals surface area contributed by atoms with E-state index in [4.69, 9.17) is 10.00 Å². The fourth-order valence-electron chi connectivity index (χ4n) is 1.69. The van der Waals surface area contributed by atoms with Crippen molar-refractivity contribution in [1.29, 1.82) is 5.26 Å². The van der Waals surface area contributed by atoms with Gasteiger partial charge in [-0.15, -0.1) is 11.8 Å². The molecule has 0 saturated heterocycles. The van der Waals surface area contributed by atoms with Crippen molar-refractivity contribution in [3.63, 3.8) is 0 Å². The van der Waals surface area contributed by atoms with E-state index in [0.717, 1.165) is 23.5 Å². The van der Waals surface area contributed by atoms with E-state index in [9.17, 15) is 0 Å². The van der Waals surface area contributed by atoms with Crippen molar-refractivity contribution in [3.05, 3.63) is 24.3 Å². The fourth-order valence-corrected chi connectivity index (χ4v) is 2.23. The molecule has 1 saturated carbocycles. The Balaban J connectivity index is 1.97. The second-order valence-electron chi connectivity index (χ2n) is 4.27. The summed E-state index contributed by atoms with van der Waals surface area (Å²) in [6.07, 6.45) is 4.92. The molecule has 0 atom stereocenters. The minimum atomic E-state index is 0.153. The minimum Gasteiger partial charge on any atom is -0.492 e. The van der Waals surface area contributed by atoms with E-state index in [1.807, 2.05) is 24.5 Å². The van der Waals surface area contributed by atoms with Crippen LogP contribution in [0.4, 0.5) is 0 Å². The summed E-state index contributed by atoms with van der Waals surface area (Å²) in [5.74, 6) is 0.944. The SMILES string of the molecule is CSc1ccccc1OCC1(CC#N)CC1. The van der Waals surface area contributed by atoms with Gasteiger partial charge >= 0.3 is 0 Å². The molecule has 0 aliphatic heterocycles. The van der Waals surface area contributed by atoms with Gasteiger partial charge in [-0.2, -0.15) is 5.26 Å². The van der Waals surface area contributed by atoms with Crippen LogP contribution in [0.3, 0.4) is 0 Å². The number of hydrogen-bond donors (Lipinski definition) is 0. The molecule has 0 aromatic heterocycles. The number of benzene rings is 1. The molecule has 1 aromatic carbocycles. The first kappa shape index (κ1) is 11.3. The summed E-state index contributed by atoms with van der Waals surface area (Å²) in [4.78, 5) is 1.16. The van der Waals surface area contributed by atoms with Gasteiger partial charge in [0.15, 0.2) is 0 Å². The van der Waals surface area contributed by atoms with Crippen molar-refractivity contribution in [2.45, 2.75) is 24.2 Å². The molecule has 1 fully saturated rings. The Bertz CT molecular complexity index is 407. The van der Waals surface area contributed by atoms with Crippen LogP contribution in [-0.2, 0) is 0 Å². The van der Waals surface area contributed by atoms with Crippen LogP contribution >= 0.6 is 11.8 Å². The Kier molecular flexibility index (Phi) is 3.40. The van der Waals surface area contributed by atoms with Gasteiger partial charge in [-0.1, -0.05) is 12.1 Å². The molecule has 84 valence electrons. The number of rotatable bonds is 5. The van der Waals surface area contributed by atoms with E-state index in [1.54, 1.807) is 11.8 Å². The van der Waals surface area contributed by atoms with Gasteiger partial charge in [-0.3, -0.25) is 0 Å². The lowest BCUT2D eigenvalue weighted by atomic mass is 10.1. The van der Waals surface area contributed by atoms with E-state index in [0.29, 0.717) is 13.0 Å². The average molecular weight is 233 g/mol. The van der Waals surface area contributed by atoms with Crippen molar-refractivity contribution in [2.24, 2.45) is 5.41 Å². The molecule has 3 heteroatoms. The number of nitriles is 1. The Morgan fingerprint density at radius 2 is 2.19 bits per heavy atom. The van der Waals surface area contributed by atoms with Crippen LogP contribution in [0.15, 0.2) is 29.2 Å². The summed E-state index contributed by atoms with van der Waals surface area (Å²) in [6.45, 7) is 0.679. The van der Waals surface area contributed by atoms with Crippen LogP contribution < -0.4 is 4.74 Å². The molecule has 0 unspecified atom stereocenters. The van der Waals surface area contributed by atoms with Crippen LogP contribution in [-0.4, -0.2) is 12.9 Å². The van der Waals surface area contributed by atoms with Crippen molar-refractivity contribution in [3.8, 4) is 11.8 Å². The van der Waals surface area contributed by atoms with E-state index < -0.39 is 0 Å². The quantitative estimate of drug-likeness (QED) is 0.730. The minimum absolute atomic E-state index is 0.153. The average Bonchev–Trinajstić information content (AvgIpc) is 3.08. The summed E-state index contributed by atoms with van der Waals surface area (Å²) < 4.78 is 5.84. The number of para-hydroxylation sites is 1. The third kappa shape index (κ3) is 2.51. The standard InChI is InChI=1S/C13H15NOS/c1-16-12-5-3-2-4-11(12)15-10-13(6-7-13)8-9-14/h2-5H,6-8,10H2,1H3. The fraction of sp³-hybridized carbons (Fsp3) is 0.462. The number of nitrogens with zero attached hydrogens (tertiary/aromatic N) is 1. The van der Waals surface area contributed by atoms with Gasteiger partial charge in [0, 0.05) is 16.7 Å². The van der Waals surface area contributed by atoms with Gasteiger partial charge < -0.3 is 4.74 Å². The highest BCUT2D eigenvalue weighted by Gasteiger charge is 2.43. The maximum absolute atomic E-state index is 8.73. The second kappa shape index (κ2) is 4.80. The molecular formula is C13H15NOS. The first-order chi connectivity index (χ1) is 7.79. The zero-order valence-electron chi connectivity index (χ0n) is 9.40. The summed E-state index contributed by atoms with van der Waals surface area (Å²) in [5, 5.41) is 8.73. The number of ether oxygens (including phenoxy) is 1. The third-order valence-electron chi connectivity index (χ3n) is 3.01. The third-order valence-corrected chi connectivity index (χ3v) is 3.79. The van der Waals surface area contributed by atoms with Gasteiger partial charge in [0.25, 0.3) is 0 Å². The van der Waals surface area contributed by atoms with Crippen LogP contribution in [0.25, 0.3) is 0 Å². The zero-order chi connectivity index (χ0) is 11.4. The molecule has 0 heterocycles. The highest BCUT2D eigenvalue weighted by molar-refractivity contribution is 7.98. The van der Waals surface area contributed by atoms with Crippen molar-refractivity contribution in [2.75, 3.05) is 12.9 Å². The lowest BCUT2D eigenvalue weighted by Crippen LogP contribution is -2.12. The van der Waals surface area contributed by atoms with Gasteiger partial charge in [-0.05, 0) is 31.2 Å². The van der Waals surface area contributed by atoms with Gasteiger partial charge in [0.2, 0.25) is 0 Å². The summed E-state index contributed by atoms with van der Waals surface area (Å²) in [6, 6.07) is 10.3. The first-order valence-corrected chi connectivity index (χ1v) is 6.65. The molecule has 0 radical (unpaired) electrons. The molecule has 1 aliphatic rings. The second-order valence-corrected chi connectivity index (χ2v) is 5.12. The topological polar surface area (TPSA) is 33.0 Å². The van der Waals surface area contributed by atoms with Crippen LogP contribution in [0.5, 0.6) is 5.75 Å². The summed E-state index contributed by atoms with van der Waals surface area (Å²) in [5.41, 5.74) is 0.153. The highest BCUT2D eigenvalue weighted by atomic mass is 32.2. The van der Waals surface area contributed by atoms with Gasteiger partial charge in [-0.25, -0.2) is 0 Å². The lowest BCUT2D eigenvalue weighted by Gasteiger charge is -2.14. The van der Waals surface area contributed by atoms with E-state index in [2.05, 4.69) is 12.1 Å². The summed E-state index contributed by atoms with van der Waals surface area (Å²) in [7, 11) is 0. The molecular weight excluding hydrogens is 218 g/mol. The molecule has 2 nitrogen and oxygen atoms in total. The Morgan fingerprint density at radius 3 is 2.81 bits per heavy atom. The smallest absolute Gasteiger partial charge is 0.132 e. The largest absolute Gasteiger partial charge is 0.492 e. The Morgan fingerprint density at radius 1 is 1.44 bits per heavy atom. The van der Waals surface area contributed by atoms with E-state index in [1.165, 1.54) is 0 Å². The van der Waals surface area contributed by atoms with Crippen LogP contribution in [0.2, 0.25) is 0 Å². The molecule has 0 amide bonds. The molecule has 0 spiro atoms. The van der Waals surface area contributed by atoms with Crippen molar-refractivity contribution < 1.29 is 4.74 Å². The maximum Gasteiger partial charge on any atom is 0.132 e. The number of hydrogen-bond acceptors (Lipinski definition) is 3. The van der Waals surface area contributed by atoms with Crippen LogP contribution in [0.1, 0.15) is 19.3 Å². The lowest BCUT2D eigenvalue weighted by molar-refractivity contribution is 0.232. The summed E-state index contributed by atoms with van der Waals surface area (Å²) >= 11 is 1.69. The predicted octanol–water partition coefficient (Wildman–Crippen LogP) is 3.48. The predicted molar refractivity (Wildman–Crippen MR) is 65.6 cm³/mol. The molecule has 0 N–H and O–H groups in total. The Labute approximate surface area is 101 Å². The molecule has 1 aliphatic carbocycles. The molecule has 1 aromatic rings. The van der Waals surface area contributed by atoms with E-state index >= 15 is 0 Å². The van der Waals surface area contributed by atoms with Crippen molar-refractivity contribution >= 4 is 11.8 Å². The maximum atomic E-state index is 8.73. The molecule has 0 bridgehead atoms. The first-order valence-electron chi connectivity index (χ1n) is 5.42. The van der Waals surface area contributed by atoms with Gasteiger partial charge in [0.05, 0.1) is 12.7 Å². The zero-order valence-corrected chi connectivity index (χ0v) is 10.2. The van der Waals surface area contributed by atoms with Crippen LogP contribution in [0, 0.1) is 16.7 Å². The van der Waals surface area contributed by atoms with Crippen molar-refractivity contribution in [1.82, 2.24) is 0 Å². The monoisotopic (exact) mass is 233 g/mol. The Hall–Kier alpha value is -1.14. The molecule has 16 heavy (non-hydrogen) atoms. The number of thioether (sulfide) groups is 1. The highest BCUT2D eigenvalue weighted by Crippen LogP contribution is 2.49.